The zero-order valence-electron chi connectivity index (χ0n) is 13.0. The number of esters is 1. The van der Waals surface area contributed by atoms with E-state index >= 15 is 0 Å². The number of unbranched alkanes of at least 4 members (excludes halogenated alkanes) is 2. The third kappa shape index (κ3) is 5.34. The molecule has 23 heavy (non-hydrogen) atoms. The average molecular weight is 334 g/mol. The van der Waals surface area contributed by atoms with Crippen molar-refractivity contribution in [2.45, 2.75) is 25.7 Å². The molecule has 5 heteroatoms. The molecule has 0 unspecified atom stereocenters. The van der Waals surface area contributed by atoms with Gasteiger partial charge >= 0.3 is 5.97 Å². The summed E-state index contributed by atoms with van der Waals surface area (Å²) in [7, 11) is 0. The van der Waals surface area contributed by atoms with Crippen molar-refractivity contribution in [2.75, 3.05) is 13.2 Å². The van der Waals surface area contributed by atoms with Crippen LogP contribution in [0.1, 0.15) is 25.7 Å². The number of carbonyl (C=O) groups is 1. The quantitative estimate of drug-likeness (QED) is 0.292. The van der Waals surface area contributed by atoms with Crippen LogP contribution < -0.4 is 4.74 Å². The van der Waals surface area contributed by atoms with Crippen molar-refractivity contribution in [1.29, 1.82) is 0 Å². The largest absolute Gasteiger partial charge is 0.424 e. The van der Waals surface area contributed by atoms with Crippen LogP contribution in [-0.2, 0) is 9.53 Å². The zero-order valence-corrected chi connectivity index (χ0v) is 13.7. The molecular formula is C18H20ClNO3. The van der Waals surface area contributed by atoms with Gasteiger partial charge in [0.25, 0.3) is 0 Å². The minimum Gasteiger partial charge on any atom is -0.424 e. The Labute approximate surface area is 141 Å². The molecule has 0 aliphatic heterocycles. The predicted molar refractivity (Wildman–Crippen MR) is 91.9 cm³/mol. The van der Waals surface area contributed by atoms with Crippen molar-refractivity contribution >= 4 is 28.5 Å². The van der Waals surface area contributed by atoms with Gasteiger partial charge in [0.05, 0.1) is 11.6 Å². The Morgan fingerprint density at radius 1 is 1.26 bits per heavy atom. The van der Waals surface area contributed by atoms with E-state index in [1.54, 1.807) is 30.5 Å². The lowest BCUT2D eigenvalue weighted by Gasteiger charge is -2.08. The first kappa shape index (κ1) is 17.4. The Morgan fingerprint density at radius 3 is 2.96 bits per heavy atom. The summed E-state index contributed by atoms with van der Waals surface area (Å²) in [6, 6.07) is 7.04. The molecular weight excluding hydrogens is 314 g/mol. The van der Waals surface area contributed by atoms with E-state index < -0.39 is 0 Å². The minimum atomic E-state index is -0.258. The van der Waals surface area contributed by atoms with Gasteiger partial charge in [-0.3, -0.25) is 9.78 Å². The molecule has 1 aromatic heterocycles. The SMILES string of the molecule is C=CCOCCCCCC(=O)Oc1ccc(Cl)c2cccnc12. The fraction of sp³-hybridized carbons (Fsp3) is 0.333. The lowest BCUT2D eigenvalue weighted by atomic mass is 10.2. The molecule has 1 aromatic carbocycles. The summed E-state index contributed by atoms with van der Waals surface area (Å²) in [6.45, 7) is 4.84. The number of aromatic nitrogens is 1. The first-order valence-corrected chi connectivity index (χ1v) is 8.02. The standard InChI is InChI=1S/C18H20ClNO3/c1-2-12-22-13-5-3-4-8-17(21)23-16-10-9-15(19)14-7-6-11-20-18(14)16/h2,6-7,9-11H,1,3-5,8,12-13H2. The van der Waals surface area contributed by atoms with Gasteiger partial charge in [-0.05, 0) is 37.1 Å². The Bertz CT molecular complexity index is 672. The summed E-state index contributed by atoms with van der Waals surface area (Å²) in [5.74, 6) is 0.190. The van der Waals surface area contributed by atoms with Gasteiger partial charge in [-0.1, -0.05) is 24.1 Å². The lowest BCUT2D eigenvalue weighted by Crippen LogP contribution is -2.08. The third-order valence-corrected chi connectivity index (χ3v) is 3.64. The van der Waals surface area contributed by atoms with E-state index in [1.165, 1.54) is 0 Å². The van der Waals surface area contributed by atoms with Crippen LogP contribution >= 0.6 is 11.6 Å². The van der Waals surface area contributed by atoms with Crippen LogP contribution in [-0.4, -0.2) is 24.2 Å². The predicted octanol–water partition coefficient (Wildman–Crippen LogP) is 4.56. The Hall–Kier alpha value is -1.91. The van der Waals surface area contributed by atoms with Crippen molar-refractivity contribution in [3.05, 3.63) is 48.1 Å². The summed E-state index contributed by atoms with van der Waals surface area (Å²) < 4.78 is 10.7. The van der Waals surface area contributed by atoms with E-state index in [1.807, 2.05) is 6.07 Å². The van der Waals surface area contributed by atoms with E-state index in [2.05, 4.69) is 11.6 Å². The zero-order chi connectivity index (χ0) is 16.5. The van der Waals surface area contributed by atoms with E-state index in [9.17, 15) is 4.79 Å². The number of rotatable bonds is 9. The van der Waals surface area contributed by atoms with Gasteiger partial charge in [0.2, 0.25) is 0 Å². The Morgan fingerprint density at radius 2 is 2.13 bits per heavy atom. The Balaban J connectivity index is 1.82. The van der Waals surface area contributed by atoms with Crippen LogP contribution in [0, 0.1) is 0 Å². The molecule has 0 bridgehead atoms. The molecule has 4 nitrogen and oxygen atoms in total. The number of benzene rings is 1. The number of carbonyl (C=O) groups excluding carboxylic acids is 1. The molecule has 0 saturated heterocycles. The van der Waals surface area contributed by atoms with Gasteiger partial charge in [-0.15, -0.1) is 6.58 Å². The second-order valence-corrected chi connectivity index (χ2v) is 5.50. The summed E-state index contributed by atoms with van der Waals surface area (Å²) >= 11 is 6.12. The van der Waals surface area contributed by atoms with E-state index in [0.29, 0.717) is 35.9 Å². The molecule has 0 atom stereocenters. The fourth-order valence-electron chi connectivity index (χ4n) is 2.18. The maximum absolute atomic E-state index is 11.9. The minimum absolute atomic E-state index is 0.258. The van der Waals surface area contributed by atoms with Crippen LogP contribution in [0.2, 0.25) is 5.02 Å². The molecule has 0 radical (unpaired) electrons. The monoisotopic (exact) mass is 333 g/mol. The molecule has 0 spiro atoms. The van der Waals surface area contributed by atoms with Gasteiger partial charge in [0.1, 0.15) is 5.52 Å². The average Bonchev–Trinajstić information content (AvgIpc) is 2.57. The molecule has 0 N–H and O–H groups in total. The molecule has 2 aromatic rings. The maximum atomic E-state index is 11.9. The second kappa shape index (κ2) is 9.28. The van der Waals surface area contributed by atoms with Crippen molar-refractivity contribution in [3.8, 4) is 5.75 Å². The van der Waals surface area contributed by atoms with Gasteiger partial charge < -0.3 is 9.47 Å². The van der Waals surface area contributed by atoms with Gasteiger partial charge in [-0.25, -0.2) is 0 Å². The van der Waals surface area contributed by atoms with Crippen LogP contribution in [0.4, 0.5) is 0 Å². The number of halogens is 1. The molecule has 0 saturated carbocycles. The number of hydrogen-bond donors (Lipinski definition) is 0. The van der Waals surface area contributed by atoms with Crippen LogP contribution in [0.25, 0.3) is 10.9 Å². The number of fused-ring (bicyclic) bond motifs is 1. The topological polar surface area (TPSA) is 48.4 Å². The van der Waals surface area contributed by atoms with Gasteiger partial charge in [0.15, 0.2) is 5.75 Å². The number of nitrogens with zero attached hydrogens (tertiary/aromatic N) is 1. The molecule has 1 heterocycles. The van der Waals surface area contributed by atoms with Crippen LogP contribution in [0.15, 0.2) is 43.1 Å². The fourth-order valence-corrected chi connectivity index (χ4v) is 2.40. The van der Waals surface area contributed by atoms with Crippen molar-refractivity contribution in [2.24, 2.45) is 0 Å². The Kier molecular flexibility index (Phi) is 7.04. The van der Waals surface area contributed by atoms with E-state index in [-0.39, 0.29) is 5.97 Å². The third-order valence-electron chi connectivity index (χ3n) is 3.31. The smallest absolute Gasteiger partial charge is 0.311 e. The van der Waals surface area contributed by atoms with Crippen molar-refractivity contribution < 1.29 is 14.3 Å². The first-order valence-electron chi connectivity index (χ1n) is 7.65. The van der Waals surface area contributed by atoms with E-state index in [0.717, 1.165) is 24.6 Å². The summed E-state index contributed by atoms with van der Waals surface area (Å²) in [6.07, 6.45) is 6.37. The summed E-state index contributed by atoms with van der Waals surface area (Å²) in [5, 5.41) is 1.37. The van der Waals surface area contributed by atoms with Crippen LogP contribution in [0.5, 0.6) is 5.75 Å². The molecule has 0 amide bonds. The molecule has 0 aliphatic rings. The van der Waals surface area contributed by atoms with Crippen molar-refractivity contribution in [3.63, 3.8) is 0 Å². The lowest BCUT2D eigenvalue weighted by molar-refractivity contribution is -0.134. The number of pyridine rings is 1. The summed E-state index contributed by atoms with van der Waals surface area (Å²) in [5.41, 5.74) is 0.603. The first-order chi connectivity index (χ1) is 11.2. The molecule has 0 fully saturated rings. The molecule has 122 valence electrons. The van der Waals surface area contributed by atoms with Gasteiger partial charge in [0, 0.05) is 24.6 Å². The van der Waals surface area contributed by atoms with Crippen LogP contribution in [0.3, 0.4) is 0 Å². The number of hydrogen-bond acceptors (Lipinski definition) is 4. The summed E-state index contributed by atoms with van der Waals surface area (Å²) in [4.78, 5) is 16.2. The normalized spacial score (nSPS) is 10.7. The maximum Gasteiger partial charge on any atom is 0.311 e. The number of ether oxygens (including phenoxy) is 2. The van der Waals surface area contributed by atoms with Gasteiger partial charge in [-0.2, -0.15) is 0 Å². The second-order valence-electron chi connectivity index (χ2n) is 5.09. The highest BCUT2D eigenvalue weighted by molar-refractivity contribution is 6.35. The highest BCUT2D eigenvalue weighted by Crippen LogP contribution is 2.29. The highest BCUT2D eigenvalue weighted by Gasteiger charge is 2.10. The molecule has 0 aliphatic carbocycles. The van der Waals surface area contributed by atoms with Crippen molar-refractivity contribution in [1.82, 2.24) is 4.98 Å². The van der Waals surface area contributed by atoms with E-state index in [4.69, 9.17) is 21.1 Å². The highest BCUT2D eigenvalue weighted by atomic mass is 35.5. The molecule has 2 rings (SSSR count).